The number of benzene rings is 1. The molecule has 0 aliphatic carbocycles. The monoisotopic (exact) mass is 233 g/mol. The Kier molecular flexibility index (Phi) is 2.82. The molecule has 1 aliphatic heterocycles. The van der Waals surface area contributed by atoms with E-state index >= 15 is 0 Å². The van der Waals surface area contributed by atoms with Crippen LogP contribution in [0.2, 0.25) is 0 Å². The van der Waals surface area contributed by atoms with E-state index in [0.717, 1.165) is 0 Å². The van der Waals surface area contributed by atoms with Crippen LogP contribution >= 0.6 is 0 Å². The Bertz CT molecular complexity index is 519. The summed E-state index contributed by atoms with van der Waals surface area (Å²) in [6.07, 6.45) is 0. The van der Waals surface area contributed by atoms with Gasteiger partial charge in [-0.05, 0) is 6.07 Å². The van der Waals surface area contributed by atoms with Gasteiger partial charge in [0.2, 0.25) is 5.91 Å². The van der Waals surface area contributed by atoms with Gasteiger partial charge < -0.3 is 15.2 Å². The first-order valence-corrected chi connectivity index (χ1v) is 5.06. The van der Waals surface area contributed by atoms with Crippen molar-refractivity contribution in [3.63, 3.8) is 0 Å². The standard InChI is InChI=1S/C12H11NO4/c1-7(14)13-9-5-3-2-4-8(9)11-10(15)6-17-12(11)16/h2-5,15H,6H2,1H3,(H,13,14). The topological polar surface area (TPSA) is 75.6 Å². The highest BCUT2D eigenvalue weighted by Gasteiger charge is 2.27. The Hall–Kier alpha value is -2.30. The zero-order chi connectivity index (χ0) is 12.4. The number of aliphatic hydroxyl groups is 1. The molecular weight excluding hydrogens is 222 g/mol. The Balaban J connectivity index is 2.48. The lowest BCUT2D eigenvalue weighted by atomic mass is 10.0. The summed E-state index contributed by atoms with van der Waals surface area (Å²) in [7, 11) is 0. The second kappa shape index (κ2) is 4.29. The minimum absolute atomic E-state index is 0.106. The molecule has 0 unspecified atom stereocenters. The second-order valence-corrected chi connectivity index (χ2v) is 3.62. The van der Waals surface area contributed by atoms with E-state index in [2.05, 4.69) is 5.32 Å². The number of hydrogen-bond acceptors (Lipinski definition) is 4. The third-order valence-corrected chi connectivity index (χ3v) is 2.34. The van der Waals surface area contributed by atoms with Crippen LogP contribution < -0.4 is 5.32 Å². The van der Waals surface area contributed by atoms with Crippen LogP contribution in [-0.4, -0.2) is 23.6 Å². The fourth-order valence-electron chi connectivity index (χ4n) is 1.66. The molecule has 0 atom stereocenters. The molecule has 0 saturated heterocycles. The average molecular weight is 233 g/mol. The largest absolute Gasteiger partial charge is 0.508 e. The summed E-state index contributed by atoms with van der Waals surface area (Å²) in [5.74, 6) is -0.947. The van der Waals surface area contributed by atoms with Crippen molar-refractivity contribution >= 4 is 23.1 Å². The summed E-state index contributed by atoms with van der Waals surface area (Å²) >= 11 is 0. The first kappa shape index (κ1) is 11.2. The predicted octanol–water partition coefficient (Wildman–Crippen LogP) is 1.47. The fourth-order valence-corrected chi connectivity index (χ4v) is 1.66. The number of nitrogens with one attached hydrogen (secondary N) is 1. The molecule has 2 N–H and O–H groups in total. The molecule has 17 heavy (non-hydrogen) atoms. The smallest absolute Gasteiger partial charge is 0.342 e. The Morgan fingerprint density at radius 3 is 2.71 bits per heavy atom. The first-order chi connectivity index (χ1) is 8.09. The molecule has 5 nitrogen and oxygen atoms in total. The molecular formula is C12H11NO4. The third-order valence-electron chi connectivity index (χ3n) is 2.34. The highest BCUT2D eigenvalue weighted by atomic mass is 16.5. The molecule has 1 heterocycles. The third kappa shape index (κ3) is 2.13. The lowest BCUT2D eigenvalue weighted by Gasteiger charge is -2.08. The summed E-state index contributed by atoms with van der Waals surface area (Å²) in [5, 5.41) is 12.2. The summed E-state index contributed by atoms with van der Waals surface area (Å²) in [4.78, 5) is 22.5. The van der Waals surface area contributed by atoms with E-state index in [9.17, 15) is 14.7 Å². The number of anilines is 1. The lowest BCUT2D eigenvalue weighted by Crippen LogP contribution is -2.09. The number of carbonyl (C=O) groups is 2. The minimum atomic E-state index is -0.583. The maximum atomic E-state index is 11.5. The fraction of sp³-hybridized carbons (Fsp3) is 0.167. The van der Waals surface area contributed by atoms with Crippen molar-refractivity contribution in [3.8, 4) is 0 Å². The number of aliphatic hydroxyl groups excluding tert-OH is 1. The second-order valence-electron chi connectivity index (χ2n) is 3.62. The van der Waals surface area contributed by atoms with Gasteiger partial charge in [-0.15, -0.1) is 0 Å². The molecule has 88 valence electrons. The first-order valence-electron chi connectivity index (χ1n) is 5.06. The normalized spacial score (nSPS) is 14.8. The predicted molar refractivity (Wildman–Crippen MR) is 61.3 cm³/mol. The molecule has 0 radical (unpaired) electrons. The molecule has 0 saturated carbocycles. The van der Waals surface area contributed by atoms with Crippen LogP contribution in [-0.2, 0) is 14.3 Å². The van der Waals surface area contributed by atoms with Crippen molar-refractivity contribution in [2.24, 2.45) is 0 Å². The van der Waals surface area contributed by atoms with Gasteiger partial charge in [0.15, 0.2) is 0 Å². The van der Waals surface area contributed by atoms with Gasteiger partial charge in [0.1, 0.15) is 17.9 Å². The molecule has 1 aromatic carbocycles. The van der Waals surface area contributed by atoms with Crippen molar-refractivity contribution in [3.05, 3.63) is 35.6 Å². The summed E-state index contributed by atoms with van der Waals surface area (Å²) in [6.45, 7) is 1.25. The van der Waals surface area contributed by atoms with Crippen molar-refractivity contribution in [1.82, 2.24) is 0 Å². The summed E-state index contributed by atoms with van der Waals surface area (Å²) in [5.41, 5.74) is 1.04. The molecule has 5 heteroatoms. The van der Waals surface area contributed by atoms with Gasteiger partial charge in [-0.25, -0.2) is 4.79 Å². The molecule has 1 aliphatic rings. The Morgan fingerprint density at radius 2 is 2.12 bits per heavy atom. The van der Waals surface area contributed by atoms with Crippen LogP contribution in [0.25, 0.3) is 5.57 Å². The zero-order valence-electron chi connectivity index (χ0n) is 9.19. The van der Waals surface area contributed by atoms with E-state index in [1.165, 1.54) is 6.92 Å². The van der Waals surface area contributed by atoms with E-state index in [4.69, 9.17) is 4.74 Å². The molecule has 0 fully saturated rings. The number of hydrogen-bond donors (Lipinski definition) is 2. The van der Waals surface area contributed by atoms with E-state index in [-0.39, 0.29) is 23.8 Å². The van der Waals surface area contributed by atoms with Crippen molar-refractivity contribution in [2.75, 3.05) is 11.9 Å². The van der Waals surface area contributed by atoms with Gasteiger partial charge in [0, 0.05) is 18.2 Å². The highest BCUT2D eigenvalue weighted by molar-refractivity contribution is 6.20. The van der Waals surface area contributed by atoms with Gasteiger partial charge in [-0.3, -0.25) is 4.79 Å². The van der Waals surface area contributed by atoms with E-state index in [1.54, 1.807) is 24.3 Å². The molecule has 2 rings (SSSR count). The van der Waals surface area contributed by atoms with Crippen molar-refractivity contribution in [2.45, 2.75) is 6.92 Å². The minimum Gasteiger partial charge on any atom is -0.508 e. The number of carbonyl (C=O) groups excluding carboxylic acids is 2. The van der Waals surface area contributed by atoms with Crippen LogP contribution in [0, 0.1) is 0 Å². The molecule has 0 bridgehead atoms. The van der Waals surface area contributed by atoms with Gasteiger partial charge >= 0.3 is 5.97 Å². The van der Waals surface area contributed by atoms with Crippen molar-refractivity contribution in [1.29, 1.82) is 0 Å². The molecule has 1 amide bonds. The van der Waals surface area contributed by atoms with E-state index in [0.29, 0.717) is 11.3 Å². The van der Waals surface area contributed by atoms with Gasteiger partial charge in [-0.2, -0.15) is 0 Å². The van der Waals surface area contributed by atoms with Crippen LogP contribution in [0.5, 0.6) is 0 Å². The van der Waals surface area contributed by atoms with Gasteiger partial charge in [0.05, 0.1) is 0 Å². The Morgan fingerprint density at radius 1 is 1.41 bits per heavy atom. The molecule has 0 spiro atoms. The quantitative estimate of drug-likeness (QED) is 0.758. The molecule has 0 aromatic heterocycles. The number of amides is 1. The van der Waals surface area contributed by atoms with E-state index < -0.39 is 5.97 Å². The molecule has 1 aromatic rings. The Labute approximate surface area is 97.7 Å². The van der Waals surface area contributed by atoms with Crippen LogP contribution in [0.15, 0.2) is 30.0 Å². The number of ether oxygens (including phenoxy) is 1. The summed E-state index contributed by atoms with van der Waals surface area (Å²) in [6, 6.07) is 6.74. The van der Waals surface area contributed by atoms with Crippen LogP contribution in [0.3, 0.4) is 0 Å². The number of esters is 1. The lowest BCUT2D eigenvalue weighted by molar-refractivity contribution is -0.134. The number of cyclic esters (lactones) is 1. The van der Waals surface area contributed by atoms with Crippen LogP contribution in [0.1, 0.15) is 12.5 Å². The number of para-hydroxylation sites is 1. The average Bonchev–Trinajstić information content (AvgIpc) is 2.59. The van der Waals surface area contributed by atoms with Crippen molar-refractivity contribution < 1.29 is 19.4 Å². The summed E-state index contributed by atoms with van der Waals surface area (Å²) < 4.78 is 4.72. The van der Waals surface area contributed by atoms with Gasteiger partial charge in [0.25, 0.3) is 0 Å². The SMILES string of the molecule is CC(=O)Nc1ccccc1C1=C(O)COC1=O. The zero-order valence-corrected chi connectivity index (χ0v) is 9.19. The van der Waals surface area contributed by atoms with Gasteiger partial charge in [-0.1, -0.05) is 18.2 Å². The van der Waals surface area contributed by atoms with E-state index in [1.807, 2.05) is 0 Å². The number of rotatable bonds is 2. The maximum absolute atomic E-state index is 11.5. The highest BCUT2D eigenvalue weighted by Crippen LogP contribution is 2.30. The van der Waals surface area contributed by atoms with Crippen LogP contribution in [0.4, 0.5) is 5.69 Å². The maximum Gasteiger partial charge on any atom is 0.342 e.